The fourth-order valence-electron chi connectivity index (χ4n) is 4.70. The molecule has 2 aliphatic heterocycles. The number of rotatable bonds is 4. The lowest BCUT2D eigenvalue weighted by atomic mass is 9.86. The predicted molar refractivity (Wildman–Crippen MR) is 118 cm³/mol. The third-order valence-corrected chi connectivity index (χ3v) is 6.74. The number of likely N-dealkylation sites (tertiary alicyclic amines) is 2. The first kappa shape index (κ1) is 21.3. The average Bonchev–Trinajstić information content (AvgIpc) is 2.77. The minimum Gasteiger partial charge on any atom is -0.390 e. The molecule has 2 saturated heterocycles. The minimum atomic E-state index is -1.32. The maximum absolute atomic E-state index is 12.9. The Morgan fingerprint density at radius 3 is 2.33 bits per heavy atom. The van der Waals surface area contributed by atoms with E-state index in [1.54, 1.807) is 29.2 Å². The summed E-state index contributed by atoms with van der Waals surface area (Å²) in [5.74, 6) is 0.399. The number of piperidine rings is 2. The zero-order valence-corrected chi connectivity index (χ0v) is 17.8. The fourth-order valence-corrected chi connectivity index (χ4v) is 4.83. The Morgan fingerprint density at radius 1 is 1.00 bits per heavy atom. The third kappa shape index (κ3) is 4.70. The second kappa shape index (κ2) is 9.06. The Kier molecular flexibility index (Phi) is 6.44. The number of aliphatic hydroxyl groups excluding tert-OH is 1. The number of amides is 1. The van der Waals surface area contributed by atoms with Crippen LogP contribution in [0.1, 0.15) is 41.1 Å². The van der Waals surface area contributed by atoms with Crippen molar-refractivity contribution in [2.75, 3.05) is 32.7 Å². The number of aliphatic hydroxyl groups is 2. The van der Waals surface area contributed by atoms with E-state index in [-0.39, 0.29) is 12.5 Å². The molecule has 2 aromatic carbocycles. The van der Waals surface area contributed by atoms with Crippen molar-refractivity contribution in [1.82, 2.24) is 9.80 Å². The molecule has 2 heterocycles. The highest BCUT2D eigenvalue weighted by molar-refractivity contribution is 6.30. The summed E-state index contributed by atoms with van der Waals surface area (Å²) in [6.45, 7) is 2.69. The molecule has 0 radical (unpaired) electrons. The minimum absolute atomic E-state index is 0.133. The van der Waals surface area contributed by atoms with Crippen LogP contribution in [0.15, 0.2) is 54.6 Å². The van der Waals surface area contributed by atoms with Crippen molar-refractivity contribution in [3.8, 4) is 0 Å². The van der Waals surface area contributed by atoms with Gasteiger partial charge in [0.2, 0.25) is 0 Å². The average molecular weight is 429 g/mol. The van der Waals surface area contributed by atoms with Crippen LogP contribution in [0.4, 0.5) is 0 Å². The summed E-state index contributed by atoms with van der Waals surface area (Å²) in [6.07, 6.45) is 1.60. The molecule has 4 rings (SSSR count). The van der Waals surface area contributed by atoms with E-state index in [2.05, 4.69) is 29.2 Å². The summed E-state index contributed by atoms with van der Waals surface area (Å²) in [6, 6.07) is 17.3. The lowest BCUT2D eigenvalue weighted by Crippen LogP contribution is -2.63. The van der Waals surface area contributed by atoms with Gasteiger partial charge in [0.15, 0.2) is 0 Å². The van der Waals surface area contributed by atoms with Crippen molar-refractivity contribution < 1.29 is 15.0 Å². The van der Waals surface area contributed by atoms with E-state index in [0.717, 1.165) is 25.9 Å². The van der Waals surface area contributed by atoms with E-state index >= 15 is 0 Å². The Labute approximate surface area is 182 Å². The van der Waals surface area contributed by atoms with E-state index < -0.39 is 11.7 Å². The number of carbonyl (C=O) groups is 1. The molecule has 2 atom stereocenters. The molecule has 160 valence electrons. The van der Waals surface area contributed by atoms with E-state index in [4.69, 9.17) is 11.6 Å². The number of hydrogen-bond donors (Lipinski definition) is 2. The normalized spacial score (nSPS) is 26.0. The molecule has 0 unspecified atom stereocenters. The highest BCUT2D eigenvalue weighted by Crippen LogP contribution is 2.30. The van der Waals surface area contributed by atoms with Crippen LogP contribution < -0.4 is 0 Å². The smallest absolute Gasteiger partial charge is 0.253 e. The number of benzene rings is 2. The van der Waals surface area contributed by atoms with Crippen molar-refractivity contribution in [1.29, 1.82) is 0 Å². The van der Waals surface area contributed by atoms with Crippen LogP contribution in [0, 0.1) is 0 Å². The Morgan fingerprint density at radius 2 is 1.67 bits per heavy atom. The summed E-state index contributed by atoms with van der Waals surface area (Å²) in [5, 5.41) is 22.4. The van der Waals surface area contributed by atoms with E-state index in [1.807, 2.05) is 6.07 Å². The number of β-amino-alcohol motifs (C(OH)–C–C–N with tert-alkyl or cyclic N) is 1. The van der Waals surface area contributed by atoms with Crippen LogP contribution in [0.25, 0.3) is 0 Å². The second-order valence-electron chi connectivity index (χ2n) is 8.60. The van der Waals surface area contributed by atoms with Crippen molar-refractivity contribution in [3.05, 3.63) is 70.7 Å². The largest absolute Gasteiger partial charge is 0.390 e. The number of carbonyl (C=O) groups excluding carboxylic acids is 1. The second-order valence-corrected chi connectivity index (χ2v) is 9.04. The summed E-state index contributed by atoms with van der Waals surface area (Å²) < 4.78 is 0. The van der Waals surface area contributed by atoms with Crippen LogP contribution in [0.5, 0.6) is 0 Å². The van der Waals surface area contributed by atoms with Gasteiger partial charge in [-0.05, 0) is 68.1 Å². The zero-order valence-electron chi connectivity index (χ0n) is 17.1. The molecule has 0 spiro atoms. The first-order valence-corrected chi connectivity index (χ1v) is 11.0. The molecular formula is C24H29ClN2O3. The van der Waals surface area contributed by atoms with Crippen LogP contribution in [0.2, 0.25) is 5.02 Å². The molecule has 1 amide bonds. The van der Waals surface area contributed by atoms with E-state index in [0.29, 0.717) is 36.0 Å². The first-order valence-electron chi connectivity index (χ1n) is 10.7. The van der Waals surface area contributed by atoms with Gasteiger partial charge in [0.1, 0.15) is 5.60 Å². The first-order chi connectivity index (χ1) is 14.4. The topological polar surface area (TPSA) is 64.0 Å². The van der Waals surface area contributed by atoms with Crippen molar-refractivity contribution in [3.63, 3.8) is 0 Å². The Hall–Kier alpha value is -1.92. The molecule has 6 heteroatoms. The van der Waals surface area contributed by atoms with Crippen LogP contribution in [-0.4, -0.2) is 70.3 Å². The zero-order chi connectivity index (χ0) is 21.1. The number of nitrogens with zero attached hydrogens (tertiary/aromatic N) is 2. The van der Waals surface area contributed by atoms with Crippen LogP contribution >= 0.6 is 11.6 Å². The fraction of sp³-hybridized carbons (Fsp3) is 0.458. The van der Waals surface area contributed by atoms with Crippen molar-refractivity contribution in [2.24, 2.45) is 0 Å². The predicted octanol–water partition coefficient (Wildman–Crippen LogP) is 3.16. The van der Waals surface area contributed by atoms with E-state index in [1.165, 1.54) is 5.56 Å². The lowest BCUT2D eigenvalue weighted by Gasteiger charge is -2.46. The van der Waals surface area contributed by atoms with Gasteiger partial charge in [0.05, 0.1) is 12.6 Å². The standard InChI is InChI=1S/C24H29ClN2O3/c25-21-8-6-20(7-9-21)23(29)27-15-12-22(28)24(30,17-27)16-26-13-10-19(11-14-26)18-4-2-1-3-5-18/h1-9,19,22,28,30H,10-17H2/t22-,24+/m0/s1. The molecule has 2 aromatic rings. The van der Waals surface area contributed by atoms with Gasteiger partial charge in [-0.25, -0.2) is 0 Å². The van der Waals surface area contributed by atoms with Crippen LogP contribution in [-0.2, 0) is 0 Å². The van der Waals surface area contributed by atoms with Gasteiger partial charge in [-0.1, -0.05) is 41.9 Å². The summed E-state index contributed by atoms with van der Waals surface area (Å²) in [5.41, 5.74) is 0.593. The van der Waals surface area contributed by atoms with Crippen molar-refractivity contribution >= 4 is 17.5 Å². The summed E-state index contributed by atoms with van der Waals surface area (Å²) >= 11 is 5.92. The van der Waals surface area contributed by atoms with Gasteiger partial charge in [-0.3, -0.25) is 4.79 Å². The lowest BCUT2D eigenvalue weighted by molar-refractivity contribution is -0.128. The molecule has 0 bridgehead atoms. The van der Waals surface area contributed by atoms with E-state index in [9.17, 15) is 15.0 Å². The molecule has 0 saturated carbocycles. The third-order valence-electron chi connectivity index (χ3n) is 6.49. The molecule has 2 N–H and O–H groups in total. The van der Waals surface area contributed by atoms with Gasteiger partial charge < -0.3 is 20.0 Å². The summed E-state index contributed by atoms with van der Waals surface area (Å²) in [4.78, 5) is 16.7. The van der Waals surface area contributed by atoms with Crippen LogP contribution in [0.3, 0.4) is 0 Å². The van der Waals surface area contributed by atoms with Gasteiger partial charge in [-0.15, -0.1) is 0 Å². The Balaban J connectivity index is 1.38. The monoisotopic (exact) mass is 428 g/mol. The molecule has 30 heavy (non-hydrogen) atoms. The van der Waals surface area contributed by atoms with Gasteiger partial charge >= 0.3 is 0 Å². The highest BCUT2D eigenvalue weighted by atomic mass is 35.5. The van der Waals surface area contributed by atoms with Gasteiger partial charge in [0.25, 0.3) is 5.91 Å². The quantitative estimate of drug-likeness (QED) is 0.785. The Bertz CT molecular complexity index is 853. The number of halogens is 1. The maximum Gasteiger partial charge on any atom is 0.253 e. The molecule has 0 aromatic heterocycles. The van der Waals surface area contributed by atoms with Crippen molar-refractivity contribution in [2.45, 2.75) is 36.9 Å². The molecule has 5 nitrogen and oxygen atoms in total. The molecular weight excluding hydrogens is 400 g/mol. The SMILES string of the molecule is O=C(c1ccc(Cl)cc1)N1CC[C@H](O)[C@@](O)(CN2CCC(c3ccccc3)CC2)C1. The summed E-state index contributed by atoms with van der Waals surface area (Å²) in [7, 11) is 0. The molecule has 0 aliphatic carbocycles. The van der Waals surface area contributed by atoms with Gasteiger partial charge in [-0.2, -0.15) is 0 Å². The number of hydrogen-bond acceptors (Lipinski definition) is 4. The maximum atomic E-state index is 12.9. The van der Waals surface area contributed by atoms with Gasteiger partial charge in [0, 0.05) is 23.7 Å². The molecule has 2 aliphatic rings. The highest BCUT2D eigenvalue weighted by Gasteiger charge is 2.44. The molecule has 2 fully saturated rings.